The molecule has 1 saturated carbocycles. The summed E-state index contributed by atoms with van der Waals surface area (Å²) in [5.74, 6) is 1.77. The Kier molecular flexibility index (Phi) is 5.08. The fourth-order valence-corrected chi connectivity index (χ4v) is 4.58. The number of ether oxygens (including phenoxy) is 1. The van der Waals surface area contributed by atoms with E-state index in [4.69, 9.17) is 4.74 Å². The van der Waals surface area contributed by atoms with Crippen LogP contribution in [0.1, 0.15) is 47.9 Å². The topological polar surface area (TPSA) is 28.6 Å². The van der Waals surface area contributed by atoms with E-state index in [2.05, 4.69) is 52.0 Å². The summed E-state index contributed by atoms with van der Waals surface area (Å²) in [7, 11) is 0. The van der Waals surface area contributed by atoms with Crippen LogP contribution >= 0.6 is 0 Å². The summed E-state index contributed by atoms with van der Waals surface area (Å²) >= 11 is 0. The van der Waals surface area contributed by atoms with Gasteiger partial charge in [0, 0.05) is 51.5 Å². The van der Waals surface area contributed by atoms with Crippen LogP contribution in [0, 0.1) is 12.8 Å². The van der Waals surface area contributed by atoms with E-state index in [0.717, 1.165) is 44.3 Å². The molecule has 28 heavy (non-hydrogen) atoms. The van der Waals surface area contributed by atoms with Crippen molar-refractivity contribution in [2.75, 3.05) is 19.6 Å². The molecule has 4 heteroatoms. The summed E-state index contributed by atoms with van der Waals surface area (Å²) in [5, 5.41) is 0. The van der Waals surface area contributed by atoms with Crippen molar-refractivity contribution in [3.05, 3.63) is 58.8 Å². The van der Waals surface area contributed by atoms with Crippen LogP contribution < -0.4 is 4.74 Å². The molecular formula is C24H31N3O. The monoisotopic (exact) mass is 377 g/mol. The Morgan fingerprint density at radius 3 is 2.54 bits per heavy atom. The Bertz CT molecular complexity index is 807. The van der Waals surface area contributed by atoms with Crippen LogP contribution in [-0.2, 0) is 19.6 Å². The third-order valence-electron chi connectivity index (χ3n) is 6.39. The first-order chi connectivity index (χ1) is 13.7. The lowest BCUT2D eigenvalue weighted by Gasteiger charge is -2.31. The number of rotatable bonds is 6. The molecule has 0 spiro atoms. The number of hydrogen-bond donors (Lipinski definition) is 0. The first-order valence-corrected chi connectivity index (χ1v) is 10.9. The second-order valence-corrected chi connectivity index (χ2v) is 8.98. The Morgan fingerprint density at radius 2 is 1.79 bits per heavy atom. The van der Waals surface area contributed by atoms with Gasteiger partial charge in [-0.15, -0.1) is 0 Å². The maximum Gasteiger partial charge on any atom is 0.213 e. The first kappa shape index (κ1) is 18.1. The van der Waals surface area contributed by atoms with E-state index < -0.39 is 0 Å². The highest BCUT2D eigenvalue weighted by molar-refractivity contribution is 5.34. The summed E-state index contributed by atoms with van der Waals surface area (Å²) in [5.41, 5.74) is 5.55. The number of hydrogen-bond acceptors (Lipinski definition) is 4. The molecule has 3 heterocycles. The quantitative estimate of drug-likeness (QED) is 0.756. The van der Waals surface area contributed by atoms with Crippen LogP contribution in [0.25, 0.3) is 0 Å². The lowest BCUT2D eigenvalue weighted by Crippen LogP contribution is -2.39. The van der Waals surface area contributed by atoms with Crippen molar-refractivity contribution < 1.29 is 4.74 Å². The Labute approximate surface area is 168 Å². The van der Waals surface area contributed by atoms with Crippen molar-refractivity contribution >= 4 is 0 Å². The first-order valence-electron chi connectivity index (χ1n) is 10.9. The number of piperidine rings is 1. The van der Waals surface area contributed by atoms with Crippen molar-refractivity contribution in [2.24, 2.45) is 5.92 Å². The van der Waals surface area contributed by atoms with E-state index in [1.54, 1.807) is 0 Å². The van der Waals surface area contributed by atoms with Gasteiger partial charge in [-0.3, -0.25) is 4.90 Å². The number of likely N-dealkylation sites (tertiary alicyclic amines) is 1. The van der Waals surface area contributed by atoms with Crippen molar-refractivity contribution in [3.8, 4) is 5.88 Å². The predicted molar refractivity (Wildman–Crippen MR) is 111 cm³/mol. The lowest BCUT2D eigenvalue weighted by atomic mass is 10.1. The van der Waals surface area contributed by atoms with Crippen LogP contribution in [0.15, 0.2) is 36.5 Å². The summed E-state index contributed by atoms with van der Waals surface area (Å²) in [6, 6.07) is 11.0. The van der Waals surface area contributed by atoms with Crippen molar-refractivity contribution in [1.29, 1.82) is 0 Å². The number of pyridine rings is 1. The molecule has 1 saturated heterocycles. The summed E-state index contributed by atoms with van der Waals surface area (Å²) in [6.45, 7) is 8.84. The van der Waals surface area contributed by atoms with E-state index >= 15 is 0 Å². The maximum atomic E-state index is 6.16. The van der Waals surface area contributed by atoms with Gasteiger partial charge in [-0.2, -0.15) is 0 Å². The molecule has 2 aromatic rings. The van der Waals surface area contributed by atoms with Gasteiger partial charge in [0.15, 0.2) is 0 Å². The zero-order valence-corrected chi connectivity index (χ0v) is 16.9. The highest BCUT2D eigenvalue weighted by atomic mass is 16.5. The second-order valence-electron chi connectivity index (χ2n) is 8.98. The van der Waals surface area contributed by atoms with Crippen LogP contribution in [0.4, 0.5) is 0 Å². The Balaban J connectivity index is 1.10. The number of nitrogens with zero attached hydrogens (tertiary/aromatic N) is 3. The van der Waals surface area contributed by atoms with Gasteiger partial charge in [0.2, 0.25) is 5.88 Å². The Hall–Kier alpha value is -1.91. The maximum absolute atomic E-state index is 6.16. The summed E-state index contributed by atoms with van der Waals surface area (Å²) < 4.78 is 6.16. The molecule has 5 rings (SSSR count). The van der Waals surface area contributed by atoms with Gasteiger partial charge in [0.1, 0.15) is 6.10 Å². The van der Waals surface area contributed by atoms with E-state index in [1.165, 1.54) is 54.7 Å². The fourth-order valence-electron chi connectivity index (χ4n) is 4.58. The molecule has 4 nitrogen and oxygen atoms in total. The molecule has 1 aromatic heterocycles. The highest BCUT2D eigenvalue weighted by Gasteiger charge is 2.27. The minimum atomic E-state index is 0.324. The largest absolute Gasteiger partial charge is 0.474 e. The third kappa shape index (κ3) is 4.39. The molecule has 0 atom stereocenters. The average molecular weight is 378 g/mol. The minimum Gasteiger partial charge on any atom is -0.474 e. The third-order valence-corrected chi connectivity index (χ3v) is 6.39. The summed E-state index contributed by atoms with van der Waals surface area (Å²) in [4.78, 5) is 9.69. The smallest absolute Gasteiger partial charge is 0.213 e. The highest BCUT2D eigenvalue weighted by Crippen LogP contribution is 2.31. The molecule has 2 aliphatic heterocycles. The zero-order chi connectivity index (χ0) is 18.9. The molecule has 0 bridgehead atoms. The van der Waals surface area contributed by atoms with Crippen molar-refractivity contribution in [2.45, 2.75) is 58.3 Å². The molecule has 0 unspecified atom stereocenters. The molecular weight excluding hydrogens is 346 g/mol. The van der Waals surface area contributed by atoms with Crippen molar-refractivity contribution in [1.82, 2.24) is 14.8 Å². The van der Waals surface area contributed by atoms with E-state index in [0.29, 0.717) is 6.10 Å². The molecule has 1 aromatic carbocycles. The Morgan fingerprint density at radius 1 is 0.964 bits per heavy atom. The second kappa shape index (κ2) is 7.84. The molecule has 3 aliphatic rings. The summed E-state index contributed by atoms with van der Waals surface area (Å²) in [6.07, 6.45) is 7.45. The van der Waals surface area contributed by atoms with Crippen LogP contribution in [-0.4, -0.2) is 40.5 Å². The molecule has 1 aliphatic carbocycles. The molecule has 2 fully saturated rings. The van der Waals surface area contributed by atoms with E-state index in [1.807, 2.05) is 6.20 Å². The SMILES string of the molecule is Cc1ccc2c(c1)CN(Cc1ccc(OC3CCN(CC4CC4)CC3)nc1)C2. The van der Waals surface area contributed by atoms with Gasteiger partial charge in [0.05, 0.1) is 0 Å². The average Bonchev–Trinajstić information content (AvgIpc) is 3.42. The fraction of sp³-hybridized carbons (Fsp3) is 0.542. The van der Waals surface area contributed by atoms with Gasteiger partial charge in [-0.05, 0) is 55.2 Å². The predicted octanol–water partition coefficient (Wildman–Crippen LogP) is 4.16. The zero-order valence-electron chi connectivity index (χ0n) is 16.9. The van der Waals surface area contributed by atoms with E-state index in [-0.39, 0.29) is 0 Å². The van der Waals surface area contributed by atoms with Gasteiger partial charge in [-0.1, -0.05) is 29.8 Å². The number of aromatic nitrogens is 1. The van der Waals surface area contributed by atoms with Crippen LogP contribution in [0.3, 0.4) is 0 Å². The molecule has 0 N–H and O–H groups in total. The van der Waals surface area contributed by atoms with Gasteiger partial charge in [-0.25, -0.2) is 4.98 Å². The lowest BCUT2D eigenvalue weighted by molar-refractivity contribution is 0.0944. The van der Waals surface area contributed by atoms with Crippen LogP contribution in [0.5, 0.6) is 5.88 Å². The standard InChI is InChI=1S/C24H31N3O/c1-18-2-6-21-16-27(17-22(21)12-18)15-20-5-7-24(25-13-20)28-23-8-10-26(11-9-23)14-19-3-4-19/h2,5-7,12-13,19,23H,3-4,8-11,14-17H2,1H3. The molecule has 148 valence electrons. The number of benzene rings is 1. The van der Waals surface area contributed by atoms with Gasteiger partial charge >= 0.3 is 0 Å². The molecule has 0 amide bonds. The van der Waals surface area contributed by atoms with Crippen molar-refractivity contribution in [3.63, 3.8) is 0 Å². The van der Waals surface area contributed by atoms with E-state index in [9.17, 15) is 0 Å². The number of fused-ring (bicyclic) bond motifs is 1. The van der Waals surface area contributed by atoms with Gasteiger partial charge < -0.3 is 9.64 Å². The normalized spacial score (nSPS) is 21.0. The minimum absolute atomic E-state index is 0.324. The van der Waals surface area contributed by atoms with Crippen LogP contribution in [0.2, 0.25) is 0 Å². The number of aryl methyl sites for hydroxylation is 1. The van der Waals surface area contributed by atoms with Gasteiger partial charge in [0.25, 0.3) is 0 Å². The molecule has 0 radical (unpaired) electrons.